The minimum absolute atomic E-state index is 0.113. The first-order valence-corrected chi connectivity index (χ1v) is 11.5. The summed E-state index contributed by atoms with van der Waals surface area (Å²) in [6.45, 7) is 2.71. The number of ether oxygens (including phenoxy) is 3. The molecule has 172 valence electrons. The van der Waals surface area contributed by atoms with Gasteiger partial charge in [-0.05, 0) is 36.2 Å². The van der Waals surface area contributed by atoms with Crippen LogP contribution < -0.4 is 4.74 Å². The average Bonchev–Trinajstić information content (AvgIpc) is 2.82. The lowest BCUT2D eigenvalue weighted by Gasteiger charge is -2.07. The Kier molecular flexibility index (Phi) is 12.3. The zero-order valence-corrected chi connectivity index (χ0v) is 19.0. The van der Waals surface area contributed by atoms with Gasteiger partial charge in [0.25, 0.3) is 0 Å². The second-order valence-corrected chi connectivity index (χ2v) is 7.64. The van der Waals surface area contributed by atoms with Gasteiger partial charge in [-0.25, -0.2) is 9.59 Å². The molecule has 0 bridgehead atoms. The van der Waals surface area contributed by atoms with Crippen LogP contribution in [0.5, 0.6) is 11.5 Å². The number of benzene rings is 2. The van der Waals surface area contributed by atoms with Crippen molar-refractivity contribution in [2.75, 3.05) is 6.61 Å². The largest absolute Gasteiger partial charge is 0.463 e. The Labute approximate surface area is 191 Å². The van der Waals surface area contributed by atoms with Gasteiger partial charge >= 0.3 is 11.9 Å². The van der Waals surface area contributed by atoms with Gasteiger partial charge in [-0.15, -0.1) is 0 Å². The Bertz CT molecular complexity index is 812. The molecule has 0 aliphatic heterocycles. The molecule has 5 nitrogen and oxygen atoms in total. The van der Waals surface area contributed by atoms with E-state index in [1.165, 1.54) is 38.5 Å². The molecule has 0 saturated heterocycles. The van der Waals surface area contributed by atoms with Crippen molar-refractivity contribution in [2.45, 2.75) is 64.9 Å². The predicted molar refractivity (Wildman–Crippen MR) is 125 cm³/mol. The highest BCUT2D eigenvalue weighted by atomic mass is 16.5. The molecule has 0 fully saturated rings. The van der Waals surface area contributed by atoms with E-state index >= 15 is 0 Å². The first-order valence-electron chi connectivity index (χ1n) is 11.5. The maximum atomic E-state index is 11.8. The molecule has 32 heavy (non-hydrogen) atoms. The highest BCUT2D eigenvalue weighted by Crippen LogP contribution is 2.21. The summed E-state index contributed by atoms with van der Waals surface area (Å²) in [6.07, 6.45) is 11.7. The summed E-state index contributed by atoms with van der Waals surface area (Å²) in [6, 6.07) is 16.8. The fourth-order valence-electron chi connectivity index (χ4n) is 3.07. The lowest BCUT2D eigenvalue weighted by molar-refractivity contribution is -0.141. The Hall–Kier alpha value is -3.08. The van der Waals surface area contributed by atoms with E-state index in [1.54, 1.807) is 0 Å². The molecular weight excluding hydrogens is 404 g/mol. The molecule has 0 saturated carbocycles. The molecule has 0 aliphatic carbocycles. The number of esters is 2. The minimum atomic E-state index is -0.585. The van der Waals surface area contributed by atoms with E-state index in [9.17, 15) is 9.59 Å². The molecule has 0 atom stereocenters. The minimum Gasteiger partial charge on any atom is -0.463 e. The zero-order valence-electron chi connectivity index (χ0n) is 19.0. The van der Waals surface area contributed by atoms with Gasteiger partial charge in [-0.1, -0.05) is 82.2 Å². The van der Waals surface area contributed by atoms with Crippen LogP contribution in [0.4, 0.5) is 0 Å². The van der Waals surface area contributed by atoms with Crippen molar-refractivity contribution in [1.29, 1.82) is 0 Å². The summed E-state index contributed by atoms with van der Waals surface area (Å²) in [5.41, 5.74) is 0.824. The van der Waals surface area contributed by atoms with Crippen LogP contribution in [0.25, 0.3) is 0 Å². The van der Waals surface area contributed by atoms with E-state index in [-0.39, 0.29) is 6.61 Å². The van der Waals surface area contributed by atoms with Crippen LogP contribution >= 0.6 is 0 Å². The summed E-state index contributed by atoms with van der Waals surface area (Å²) in [7, 11) is 0. The fraction of sp³-hybridized carbons (Fsp3) is 0.407. The van der Waals surface area contributed by atoms with Gasteiger partial charge in [0.15, 0.2) is 0 Å². The molecule has 2 aromatic rings. The van der Waals surface area contributed by atoms with Crippen LogP contribution in [0, 0.1) is 0 Å². The quantitative estimate of drug-likeness (QED) is 0.175. The molecular formula is C27H34O5. The number of carbonyl (C=O) groups excluding carboxylic acids is 2. The summed E-state index contributed by atoms with van der Waals surface area (Å²) in [5.74, 6) is 0.350. The van der Waals surface area contributed by atoms with Crippen molar-refractivity contribution >= 4 is 11.9 Å². The molecule has 0 aliphatic rings. The Morgan fingerprint density at radius 1 is 0.688 bits per heavy atom. The molecule has 0 spiro atoms. The summed E-state index contributed by atoms with van der Waals surface area (Å²) in [4.78, 5) is 23.5. The van der Waals surface area contributed by atoms with Gasteiger partial charge in [0.05, 0.1) is 6.61 Å². The Morgan fingerprint density at radius 3 is 1.91 bits per heavy atom. The number of hydrogen-bond acceptors (Lipinski definition) is 5. The van der Waals surface area contributed by atoms with Crippen LogP contribution in [0.3, 0.4) is 0 Å². The van der Waals surface area contributed by atoms with Crippen molar-refractivity contribution < 1.29 is 23.8 Å². The van der Waals surface area contributed by atoms with Crippen LogP contribution in [0.1, 0.15) is 63.9 Å². The van der Waals surface area contributed by atoms with Gasteiger partial charge < -0.3 is 14.2 Å². The third-order valence-corrected chi connectivity index (χ3v) is 4.88. The van der Waals surface area contributed by atoms with Gasteiger partial charge in [-0.2, -0.15) is 0 Å². The first kappa shape index (κ1) is 25.2. The van der Waals surface area contributed by atoms with E-state index in [4.69, 9.17) is 14.2 Å². The van der Waals surface area contributed by atoms with E-state index in [0.717, 1.165) is 36.3 Å². The van der Waals surface area contributed by atoms with Crippen molar-refractivity contribution in [3.63, 3.8) is 0 Å². The van der Waals surface area contributed by atoms with Crippen LogP contribution in [-0.4, -0.2) is 18.5 Å². The molecule has 0 radical (unpaired) electrons. The molecule has 2 rings (SSSR count). The standard InChI is InChI=1S/C27H34O5/c1-2-3-4-5-6-7-8-12-21-30-26(28)19-20-27(29)31-22-23-15-17-25(18-16-23)32-24-13-10-9-11-14-24/h9-11,13-20H,2-8,12,21-22H2,1H3/b20-19+. The normalized spacial score (nSPS) is 10.8. The van der Waals surface area contributed by atoms with Crippen LogP contribution in [0.2, 0.25) is 0 Å². The van der Waals surface area contributed by atoms with Crippen molar-refractivity contribution in [2.24, 2.45) is 0 Å². The van der Waals surface area contributed by atoms with Crippen LogP contribution in [0.15, 0.2) is 66.7 Å². The molecule has 0 aromatic heterocycles. The molecule has 0 unspecified atom stereocenters. The summed E-state index contributed by atoms with van der Waals surface area (Å²) in [5, 5.41) is 0. The van der Waals surface area contributed by atoms with Gasteiger partial charge in [0.2, 0.25) is 0 Å². The third-order valence-electron chi connectivity index (χ3n) is 4.88. The number of hydrogen-bond donors (Lipinski definition) is 0. The second kappa shape index (κ2) is 15.7. The van der Waals surface area contributed by atoms with E-state index < -0.39 is 11.9 Å². The van der Waals surface area contributed by atoms with Crippen molar-refractivity contribution in [3.8, 4) is 11.5 Å². The molecule has 0 heterocycles. The smallest absolute Gasteiger partial charge is 0.331 e. The van der Waals surface area contributed by atoms with Gasteiger partial charge in [0.1, 0.15) is 18.1 Å². The number of unbranched alkanes of at least 4 members (excludes halogenated alkanes) is 7. The Balaban J connectivity index is 1.56. The van der Waals surface area contributed by atoms with Crippen molar-refractivity contribution in [3.05, 3.63) is 72.3 Å². The lowest BCUT2D eigenvalue weighted by atomic mass is 10.1. The SMILES string of the molecule is CCCCCCCCCCOC(=O)/C=C/C(=O)OCc1ccc(Oc2ccccc2)cc1. The zero-order chi connectivity index (χ0) is 22.9. The number of para-hydroxylation sites is 1. The number of carbonyl (C=O) groups is 2. The topological polar surface area (TPSA) is 61.8 Å². The Morgan fingerprint density at radius 2 is 1.25 bits per heavy atom. The molecule has 0 N–H and O–H groups in total. The maximum absolute atomic E-state index is 11.8. The molecule has 2 aromatic carbocycles. The van der Waals surface area contributed by atoms with Gasteiger partial charge in [0, 0.05) is 12.2 Å². The first-order chi connectivity index (χ1) is 15.7. The predicted octanol–water partition coefficient (Wildman–Crippen LogP) is 6.76. The van der Waals surface area contributed by atoms with E-state index in [2.05, 4.69) is 6.92 Å². The summed E-state index contributed by atoms with van der Waals surface area (Å²) >= 11 is 0. The summed E-state index contributed by atoms with van der Waals surface area (Å²) < 4.78 is 16.0. The average molecular weight is 439 g/mol. The third kappa shape index (κ3) is 11.3. The highest BCUT2D eigenvalue weighted by molar-refractivity contribution is 5.91. The molecule has 5 heteroatoms. The lowest BCUT2D eigenvalue weighted by Crippen LogP contribution is -2.05. The van der Waals surface area contributed by atoms with E-state index in [0.29, 0.717) is 12.4 Å². The van der Waals surface area contributed by atoms with Crippen LogP contribution in [-0.2, 0) is 25.7 Å². The second-order valence-electron chi connectivity index (χ2n) is 7.64. The molecule has 0 amide bonds. The van der Waals surface area contributed by atoms with E-state index in [1.807, 2.05) is 54.6 Å². The van der Waals surface area contributed by atoms with Crippen molar-refractivity contribution in [1.82, 2.24) is 0 Å². The maximum Gasteiger partial charge on any atom is 0.331 e. The fourth-order valence-corrected chi connectivity index (χ4v) is 3.07. The highest BCUT2D eigenvalue weighted by Gasteiger charge is 2.03. The monoisotopic (exact) mass is 438 g/mol. The van der Waals surface area contributed by atoms with Gasteiger partial charge in [-0.3, -0.25) is 0 Å². The number of rotatable bonds is 15.